The molecule has 0 spiro atoms. The van der Waals surface area contributed by atoms with Crippen molar-refractivity contribution in [1.82, 2.24) is 5.32 Å². The monoisotopic (exact) mass is 349 g/mol. The number of ether oxygens (including phenoxy) is 2. The molecular formula is C22H23NO3. The second-order valence-electron chi connectivity index (χ2n) is 6.23. The summed E-state index contributed by atoms with van der Waals surface area (Å²) in [7, 11) is 0. The lowest BCUT2D eigenvalue weighted by atomic mass is 10.1. The van der Waals surface area contributed by atoms with Crippen LogP contribution in [0.5, 0.6) is 11.5 Å². The highest BCUT2D eigenvalue weighted by Crippen LogP contribution is 2.20. The van der Waals surface area contributed by atoms with Crippen LogP contribution in [0.25, 0.3) is 10.8 Å². The lowest BCUT2D eigenvalue weighted by molar-refractivity contribution is -0.127. The molecule has 0 heterocycles. The Bertz CT molecular complexity index is 891. The normalized spacial score (nSPS) is 11.8. The maximum atomic E-state index is 12.1. The van der Waals surface area contributed by atoms with Gasteiger partial charge in [-0.05, 0) is 54.4 Å². The molecule has 26 heavy (non-hydrogen) atoms. The number of aryl methyl sites for hydroxylation is 1. The fourth-order valence-electron chi connectivity index (χ4n) is 2.69. The van der Waals surface area contributed by atoms with Crippen LogP contribution in [0.1, 0.15) is 12.5 Å². The Balaban J connectivity index is 1.44. The zero-order chi connectivity index (χ0) is 18.4. The van der Waals surface area contributed by atoms with E-state index in [1.807, 2.05) is 67.6 Å². The molecule has 1 atom stereocenters. The SMILES string of the molecule is Cc1cccc(O[C@@H](C)C(=O)NCCOc2ccc3ccccc3c2)c1. The van der Waals surface area contributed by atoms with Crippen LogP contribution >= 0.6 is 0 Å². The highest BCUT2D eigenvalue weighted by atomic mass is 16.5. The molecule has 0 saturated carbocycles. The predicted molar refractivity (Wildman–Crippen MR) is 104 cm³/mol. The zero-order valence-corrected chi connectivity index (χ0v) is 15.1. The maximum absolute atomic E-state index is 12.1. The summed E-state index contributed by atoms with van der Waals surface area (Å²) in [5.74, 6) is 1.33. The fraction of sp³-hybridized carbons (Fsp3) is 0.227. The Morgan fingerprint density at radius 1 is 0.962 bits per heavy atom. The van der Waals surface area contributed by atoms with Crippen molar-refractivity contribution in [3.05, 3.63) is 72.3 Å². The van der Waals surface area contributed by atoms with Gasteiger partial charge >= 0.3 is 0 Å². The van der Waals surface area contributed by atoms with Gasteiger partial charge in [-0.2, -0.15) is 0 Å². The molecule has 0 bridgehead atoms. The van der Waals surface area contributed by atoms with Crippen molar-refractivity contribution in [2.75, 3.05) is 13.2 Å². The fourth-order valence-corrected chi connectivity index (χ4v) is 2.69. The molecule has 0 saturated heterocycles. The van der Waals surface area contributed by atoms with Gasteiger partial charge in [0, 0.05) is 0 Å². The molecule has 0 fully saturated rings. The van der Waals surface area contributed by atoms with Crippen molar-refractivity contribution in [2.45, 2.75) is 20.0 Å². The number of carbonyl (C=O) groups is 1. The first-order valence-electron chi connectivity index (χ1n) is 8.74. The van der Waals surface area contributed by atoms with Gasteiger partial charge < -0.3 is 14.8 Å². The van der Waals surface area contributed by atoms with Gasteiger partial charge in [0.2, 0.25) is 0 Å². The van der Waals surface area contributed by atoms with E-state index in [1.165, 1.54) is 5.39 Å². The Hall–Kier alpha value is -3.01. The summed E-state index contributed by atoms with van der Waals surface area (Å²) >= 11 is 0. The second-order valence-corrected chi connectivity index (χ2v) is 6.23. The van der Waals surface area contributed by atoms with E-state index in [4.69, 9.17) is 9.47 Å². The van der Waals surface area contributed by atoms with Crippen molar-refractivity contribution in [2.24, 2.45) is 0 Å². The summed E-state index contributed by atoms with van der Waals surface area (Å²) in [4.78, 5) is 12.1. The highest BCUT2D eigenvalue weighted by Gasteiger charge is 2.14. The Morgan fingerprint density at radius 3 is 2.58 bits per heavy atom. The van der Waals surface area contributed by atoms with Crippen LogP contribution in [0, 0.1) is 6.92 Å². The minimum absolute atomic E-state index is 0.159. The molecule has 0 aliphatic carbocycles. The summed E-state index contributed by atoms with van der Waals surface area (Å²) in [6.07, 6.45) is -0.558. The van der Waals surface area contributed by atoms with Gasteiger partial charge in [0.05, 0.1) is 6.54 Å². The van der Waals surface area contributed by atoms with Gasteiger partial charge in [0.25, 0.3) is 5.91 Å². The predicted octanol–water partition coefficient (Wildman–Crippen LogP) is 4.11. The van der Waals surface area contributed by atoms with Crippen molar-refractivity contribution in [3.63, 3.8) is 0 Å². The summed E-state index contributed by atoms with van der Waals surface area (Å²) < 4.78 is 11.4. The smallest absolute Gasteiger partial charge is 0.260 e. The van der Waals surface area contributed by atoms with Gasteiger partial charge in [-0.1, -0.05) is 42.5 Å². The molecule has 3 aromatic carbocycles. The quantitative estimate of drug-likeness (QED) is 0.653. The first-order chi connectivity index (χ1) is 12.6. The Morgan fingerprint density at radius 2 is 1.77 bits per heavy atom. The third-order valence-electron chi connectivity index (χ3n) is 4.06. The van der Waals surface area contributed by atoms with Gasteiger partial charge in [0.1, 0.15) is 18.1 Å². The minimum Gasteiger partial charge on any atom is -0.492 e. The molecule has 4 heteroatoms. The zero-order valence-electron chi connectivity index (χ0n) is 15.1. The van der Waals surface area contributed by atoms with E-state index in [0.29, 0.717) is 18.9 Å². The molecule has 1 amide bonds. The largest absolute Gasteiger partial charge is 0.492 e. The third kappa shape index (κ3) is 4.76. The second kappa shape index (κ2) is 8.39. The molecule has 3 aromatic rings. The van der Waals surface area contributed by atoms with Gasteiger partial charge in [0.15, 0.2) is 6.10 Å². The Kier molecular flexibility index (Phi) is 5.74. The van der Waals surface area contributed by atoms with E-state index in [-0.39, 0.29) is 5.91 Å². The number of nitrogens with one attached hydrogen (secondary N) is 1. The molecule has 0 aliphatic heterocycles. The molecule has 1 N–H and O–H groups in total. The van der Waals surface area contributed by atoms with Gasteiger partial charge in [-0.25, -0.2) is 0 Å². The Labute approximate surface area is 153 Å². The molecule has 0 unspecified atom stereocenters. The van der Waals surface area contributed by atoms with E-state index >= 15 is 0 Å². The standard InChI is InChI=1S/C22H23NO3/c1-16-6-5-9-21(14-16)26-17(2)22(24)23-12-13-25-20-11-10-18-7-3-4-8-19(18)15-20/h3-11,14-15,17H,12-13H2,1-2H3,(H,23,24)/t17-/m0/s1. The van der Waals surface area contributed by atoms with Crippen LogP contribution in [0.15, 0.2) is 66.7 Å². The summed E-state index contributed by atoms with van der Waals surface area (Å²) in [5, 5.41) is 5.15. The maximum Gasteiger partial charge on any atom is 0.260 e. The van der Waals surface area contributed by atoms with E-state index in [1.54, 1.807) is 6.92 Å². The number of carbonyl (C=O) groups excluding carboxylic acids is 1. The van der Waals surface area contributed by atoms with Crippen molar-refractivity contribution in [3.8, 4) is 11.5 Å². The molecular weight excluding hydrogens is 326 g/mol. The van der Waals surface area contributed by atoms with Crippen LogP contribution in [0.4, 0.5) is 0 Å². The lowest BCUT2D eigenvalue weighted by Gasteiger charge is -2.15. The minimum atomic E-state index is -0.558. The van der Waals surface area contributed by atoms with E-state index in [2.05, 4.69) is 11.4 Å². The van der Waals surface area contributed by atoms with Crippen molar-refractivity contribution in [1.29, 1.82) is 0 Å². The van der Waals surface area contributed by atoms with Crippen LogP contribution in [-0.4, -0.2) is 25.2 Å². The van der Waals surface area contributed by atoms with Crippen LogP contribution < -0.4 is 14.8 Å². The summed E-state index contributed by atoms with van der Waals surface area (Å²) in [6.45, 7) is 4.55. The highest BCUT2D eigenvalue weighted by molar-refractivity contribution is 5.83. The first kappa shape index (κ1) is 17.8. The number of amides is 1. The van der Waals surface area contributed by atoms with E-state index in [9.17, 15) is 4.79 Å². The average Bonchev–Trinajstić information content (AvgIpc) is 2.65. The molecule has 4 nitrogen and oxygen atoms in total. The number of rotatable bonds is 7. The van der Waals surface area contributed by atoms with Crippen LogP contribution in [-0.2, 0) is 4.79 Å². The molecule has 0 aliphatic rings. The topological polar surface area (TPSA) is 47.6 Å². The van der Waals surface area contributed by atoms with Gasteiger partial charge in [-0.3, -0.25) is 4.79 Å². The summed E-state index contributed by atoms with van der Waals surface area (Å²) in [6, 6.07) is 21.7. The first-order valence-corrected chi connectivity index (χ1v) is 8.74. The number of benzene rings is 3. The number of fused-ring (bicyclic) bond motifs is 1. The number of hydrogen-bond acceptors (Lipinski definition) is 3. The van der Waals surface area contributed by atoms with Crippen molar-refractivity contribution >= 4 is 16.7 Å². The average molecular weight is 349 g/mol. The molecule has 3 rings (SSSR count). The summed E-state index contributed by atoms with van der Waals surface area (Å²) in [5.41, 5.74) is 1.10. The van der Waals surface area contributed by atoms with Gasteiger partial charge in [-0.15, -0.1) is 0 Å². The number of hydrogen-bond donors (Lipinski definition) is 1. The third-order valence-corrected chi connectivity index (χ3v) is 4.06. The molecule has 134 valence electrons. The van der Waals surface area contributed by atoms with E-state index < -0.39 is 6.10 Å². The molecule has 0 radical (unpaired) electrons. The van der Waals surface area contributed by atoms with Crippen LogP contribution in [0.2, 0.25) is 0 Å². The van der Waals surface area contributed by atoms with Crippen molar-refractivity contribution < 1.29 is 14.3 Å². The lowest BCUT2D eigenvalue weighted by Crippen LogP contribution is -2.38. The molecule has 0 aromatic heterocycles. The van der Waals surface area contributed by atoms with E-state index in [0.717, 1.165) is 16.7 Å². The van der Waals surface area contributed by atoms with Crippen LogP contribution in [0.3, 0.4) is 0 Å².